The minimum absolute atomic E-state index is 0.287. The smallest absolute Gasteiger partial charge is 0.185 e. The van der Waals surface area contributed by atoms with E-state index in [-0.39, 0.29) is 12.6 Å². The molecule has 1 aliphatic rings. The molecule has 0 aromatic carbocycles. The average molecular weight is 188 g/mol. The molecule has 0 saturated carbocycles. The monoisotopic (exact) mass is 188 g/mol. The third kappa shape index (κ3) is 1.30. The van der Waals surface area contributed by atoms with Gasteiger partial charge >= 0.3 is 0 Å². The maximum Gasteiger partial charge on any atom is 0.185 e. The van der Waals surface area contributed by atoms with Gasteiger partial charge in [-0.3, -0.25) is 0 Å². The van der Waals surface area contributed by atoms with Gasteiger partial charge < -0.3 is 11.5 Å². The van der Waals surface area contributed by atoms with Gasteiger partial charge in [0.15, 0.2) is 11.9 Å². The van der Waals surface area contributed by atoms with Gasteiger partial charge in [-0.25, -0.2) is 9.97 Å². The molecule has 6 heteroatoms. The third-order valence-electron chi connectivity index (χ3n) is 1.78. The maximum atomic E-state index is 5.66. The summed E-state index contributed by atoms with van der Waals surface area (Å²) in [5.74, 6) is 6.42. The van der Waals surface area contributed by atoms with Crippen molar-refractivity contribution in [2.75, 3.05) is 12.3 Å². The van der Waals surface area contributed by atoms with Gasteiger partial charge in [0.25, 0.3) is 0 Å². The summed E-state index contributed by atoms with van der Waals surface area (Å²) < 4.78 is 0. The predicted octanol–water partition coefficient (Wildman–Crippen LogP) is 0.159. The lowest BCUT2D eigenvalue weighted by Crippen LogP contribution is -2.00. The molecule has 2 heterocycles. The highest BCUT2D eigenvalue weighted by Gasteiger charge is 2.23. The van der Waals surface area contributed by atoms with Gasteiger partial charge in [0.2, 0.25) is 0 Å². The lowest BCUT2D eigenvalue weighted by atomic mass is 10.1. The fraction of sp³-hybridized carbons (Fsp3) is 0.250. The summed E-state index contributed by atoms with van der Waals surface area (Å²) >= 11 is 0. The second kappa shape index (κ2) is 3.40. The van der Waals surface area contributed by atoms with Gasteiger partial charge in [-0.15, -0.1) is 5.11 Å². The lowest BCUT2D eigenvalue weighted by molar-refractivity contribution is 0.925. The second-order valence-corrected chi connectivity index (χ2v) is 2.64. The molecule has 0 bridgehead atoms. The molecule has 70 valence electrons. The van der Waals surface area contributed by atoms with Crippen molar-refractivity contribution < 1.29 is 0 Å². The zero-order chi connectivity index (χ0) is 9.97. The van der Waals surface area contributed by atoms with E-state index in [1.54, 1.807) is 0 Å². The third-order valence-corrected chi connectivity index (χ3v) is 1.78. The number of hydrogen-bond acceptors (Lipinski definition) is 6. The number of rotatable bonds is 0. The van der Waals surface area contributed by atoms with Crippen molar-refractivity contribution in [2.24, 2.45) is 16.0 Å². The van der Waals surface area contributed by atoms with Crippen molar-refractivity contribution in [1.82, 2.24) is 9.97 Å². The zero-order valence-electron chi connectivity index (χ0n) is 7.31. The number of anilines is 1. The van der Waals surface area contributed by atoms with E-state index in [1.807, 2.05) is 0 Å². The fourth-order valence-corrected chi connectivity index (χ4v) is 1.17. The second-order valence-electron chi connectivity index (χ2n) is 2.64. The molecule has 0 aliphatic carbocycles. The van der Waals surface area contributed by atoms with Crippen molar-refractivity contribution in [3.05, 3.63) is 11.9 Å². The molecule has 0 saturated heterocycles. The minimum atomic E-state index is -0.366. The molecule has 0 radical (unpaired) electrons. The van der Waals surface area contributed by atoms with E-state index in [2.05, 4.69) is 32.0 Å². The molecule has 0 unspecified atom stereocenters. The number of nitrogen functional groups attached to an aromatic ring is 1. The first-order valence-electron chi connectivity index (χ1n) is 4.02. The summed E-state index contributed by atoms with van der Waals surface area (Å²) in [6.07, 6.45) is 1.35. The molecule has 4 N–H and O–H groups in total. The van der Waals surface area contributed by atoms with Crippen molar-refractivity contribution in [2.45, 2.75) is 6.04 Å². The van der Waals surface area contributed by atoms with Gasteiger partial charge in [-0.2, -0.15) is 5.11 Å². The number of nitrogens with zero attached hydrogens (tertiary/aromatic N) is 4. The number of aromatic nitrogens is 2. The summed E-state index contributed by atoms with van der Waals surface area (Å²) in [5, 5.41) is 7.76. The van der Waals surface area contributed by atoms with Gasteiger partial charge in [-0.1, -0.05) is 11.8 Å². The Labute approximate surface area is 80.5 Å². The Morgan fingerprint density at radius 1 is 1.43 bits per heavy atom. The van der Waals surface area contributed by atoms with Crippen LogP contribution in [0.15, 0.2) is 16.6 Å². The normalized spacial score (nSPS) is 17.4. The van der Waals surface area contributed by atoms with E-state index in [0.717, 1.165) is 0 Å². The Morgan fingerprint density at radius 2 is 2.29 bits per heavy atom. The molecule has 1 atom stereocenters. The van der Waals surface area contributed by atoms with Crippen LogP contribution in [0.1, 0.15) is 11.6 Å². The van der Waals surface area contributed by atoms with Crippen LogP contribution in [0.3, 0.4) is 0 Å². The fourth-order valence-electron chi connectivity index (χ4n) is 1.17. The van der Waals surface area contributed by atoms with Gasteiger partial charge in [0.05, 0.1) is 12.1 Å². The van der Waals surface area contributed by atoms with E-state index < -0.39 is 0 Å². The first kappa shape index (κ1) is 8.59. The maximum absolute atomic E-state index is 5.66. The molecule has 0 fully saturated rings. The Bertz CT molecular complexity index is 441. The molecule has 1 aromatic heterocycles. The molecule has 0 amide bonds. The number of hydrogen-bond donors (Lipinski definition) is 2. The van der Waals surface area contributed by atoms with Crippen molar-refractivity contribution >= 4 is 11.6 Å². The van der Waals surface area contributed by atoms with E-state index in [9.17, 15) is 0 Å². The van der Waals surface area contributed by atoms with E-state index in [1.165, 1.54) is 6.33 Å². The SMILES string of the molecule is NCC#C[C@H]1N=Nc2ncnc(N)c21. The summed E-state index contributed by atoms with van der Waals surface area (Å²) in [7, 11) is 0. The Hall–Kier alpha value is -2.00. The van der Waals surface area contributed by atoms with Crippen LogP contribution in [0.2, 0.25) is 0 Å². The van der Waals surface area contributed by atoms with E-state index in [0.29, 0.717) is 17.2 Å². The molecule has 1 aliphatic heterocycles. The van der Waals surface area contributed by atoms with Crippen molar-refractivity contribution in [1.29, 1.82) is 0 Å². The molecule has 6 nitrogen and oxygen atoms in total. The Balaban J connectivity index is 2.42. The molecule has 0 spiro atoms. The molecular weight excluding hydrogens is 180 g/mol. The molecular formula is C8H8N6. The van der Waals surface area contributed by atoms with Gasteiger partial charge in [-0.05, 0) is 0 Å². The zero-order valence-corrected chi connectivity index (χ0v) is 7.31. The Morgan fingerprint density at radius 3 is 3.07 bits per heavy atom. The van der Waals surface area contributed by atoms with Crippen LogP contribution in [0.5, 0.6) is 0 Å². The predicted molar refractivity (Wildman–Crippen MR) is 50.5 cm³/mol. The summed E-state index contributed by atoms with van der Waals surface area (Å²) in [6, 6.07) is -0.366. The first-order valence-corrected chi connectivity index (χ1v) is 4.02. The summed E-state index contributed by atoms with van der Waals surface area (Å²) in [6.45, 7) is 0.287. The Kier molecular flexibility index (Phi) is 2.08. The van der Waals surface area contributed by atoms with Crippen LogP contribution in [-0.2, 0) is 0 Å². The largest absolute Gasteiger partial charge is 0.383 e. The quantitative estimate of drug-likeness (QED) is 0.566. The number of nitrogens with two attached hydrogens (primary N) is 2. The highest BCUT2D eigenvalue weighted by Crippen LogP contribution is 2.35. The van der Waals surface area contributed by atoms with Gasteiger partial charge in [0.1, 0.15) is 12.1 Å². The topological polar surface area (TPSA) is 103 Å². The first-order chi connectivity index (χ1) is 6.83. The highest BCUT2D eigenvalue weighted by atomic mass is 15.2. The standard InChI is InChI=1S/C8H8N6/c9-3-1-2-5-6-7(10)11-4-12-8(6)14-13-5/h4-5H,3,9H2,(H2,10,11,12)/t5-/m1/s1. The van der Waals surface area contributed by atoms with E-state index >= 15 is 0 Å². The lowest BCUT2D eigenvalue weighted by Gasteiger charge is -2.01. The molecule has 1 aromatic rings. The molecule has 14 heavy (non-hydrogen) atoms. The average Bonchev–Trinajstić information content (AvgIpc) is 2.59. The van der Waals surface area contributed by atoms with Crippen LogP contribution in [0, 0.1) is 11.8 Å². The highest BCUT2D eigenvalue weighted by molar-refractivity contribution is 5.57. The number of fused-ring (bicyclic) bond motifs is 1. The van der Waals surface area contributed by atoms with Crippen molar-refractivity contribution in [3.63, 3.8) is 0 Å². The van der Waals surface area contributed by atoms with Crippen LogP contribution in [0.4, 0.5) is 11.6 Å². The van der Waals surface area contributed by atoms with Gasteiger partial charge in [0, 0.05) is 0 Å². The van der Waals surface area contributed by atoms with Crippen LogP contribution in [0.25, 0.3) is 0 Å². The van der Waals surface area contributed by atoms with Crippen LogP contribution < -0.4 is 11.5 Å². The van der Waals surface area contributed by atoms with Crippen LogP contribution in [-0.4, -0.2) is 16.5 Å². The minimum Gasteiger partial charge on any atom is -0.383 e. The molecule has 2 rings (SSSR count). The van der Waals surface area contributed by atoms with E-state index in [4.69, 9.17) is 11.5 Å². The van der Waals surface area contributed by atoms with Crippen LogP contribution >= 0.6 is 0 Å². The van der Waals surface area contributed by atoms with Crippen molar-refractivity contribution in [3.8, 4) is 11.8 Å². The number of azo groups is 1. The summed E-state index contributed by atoms with van der Waals surface area (Å²) in [5.41, 5.74) is 11.6. The summed E-state index contributed by atoms with van der Waals surface area (Å²) in [4.78, 5) is 7.78.